The van der Waals surface area contributed by atoms with Crippen molar-refractivity contribution in [2.45, 2.75) is 17.1 Å². The quantitative estimate of drug-likeness (QED) is 0.420. The summed E-state index contributed by atoms with van der Waals surface area (Å²) in [5, 5.41) is 13.3. The number of nitrogens with one attached hydrogen (secondary N) is 2. The maximum atomic E-state index is 14.2. The molecule has 8 nitrogen and oxygen atoms in total. The lowest BCUT2D eigenvalue weighted by Gasteiger charge is -2.34. The van der Waals surface area contributed by atoms with Gasteiger partial charge in [-0.1, -0.05) is 60.3 Å². The van der Waals surface area contributed by atoms with Crippen LogP contribution in [0.1, 0.15) is 16.7 Å². The van der Waals surface area contributed by atoms with Gasteiger partial charge < -0.3 is 20.9 Å². The number of aromatic amines is 1. The van der Waals surface area contributed by atoms with Gasteiger partial charge in [-0.25, -0.2) is 4.98 Å². The fourth-order valence-corrected chi connectivity index (χ4v) is 4.89. The van der Waals surface area contributed by atoms with Gasteiger partial charge in [-0.15, -0.1) is 0 Å². The highest BCUT2D eigenvalue weighted by molar-refractivity contribution is 7.98. The Bertz CT molecular complexity index is 1390. The SMILES string of the molecule is CSc1nc2c(c(=O)[nH]1)[C@]1(C(=O)N(Cc3ccccc3)c3ccccc31)C(C#N)=C(N)N2. The molecular formula is C23H18N6O2S. The average Bonchev–Trinajstić information content (AvgIpc) is 3.03. The molecule has 1 atom stereocenters. The van der Waals surface area contributed by atoms with E-state index in [0.29, 0.717) is 16.4 Å². The van der Waals surface area contributed by atoms with Crippen molar-refractivity contribution in [3.8, 4) is 6.07 Å². The Labute approximate surface area is 187 Å². The van der Waals surface area contributed by atoms with Gasteiger partial charge in [0.2, 0.25) is 5.91 Å². The van der Waals surface area contributed by atoms with Crippen molar-refractivity contribution in [1.82, 2.24) is 9.97 Å². The summed E-state index contributed by atoms with van der Waals surface area (Å²) in [5.74, 6) is -0.219. The molecule has 0 saturated carbocycles. The number of hydrogen-bond donors (Lipinski definition) is 3. The molecule has 0 radical (unpaired) electrons. The van der Waals surface area contributed by atoms with Gasteiger partial charge in [-0.3, -0.25) is 9.59 Å². The minimum Gasteiger partial charge on any atom is -0.384 e. The van der Waals surface area contributed by atoms with Gasteiger partial charge >= 0.3 is 0 Å². The normalized spacial score (nSPS) is 18.9. The fraction of sp³-hybridized carbons (Fsp3) is 0.130. The van der Waals surface area contributed by atoms with E-state index in [-0.39, 0.29) is 29.3 Å². The van der Waals surface area contributed by atoms with E-state index in [1.165, 1.54) is 11.8 Å². The Hall–Kier alpha value is -4.03. The third-order valence-corrected chi connectivity index (χ3v) is 6.40. The van der Waals surface area contributed by atoms with Crippen LogP contribution in [0.4, 0.5) is 11.5 Å². The third-order valence-electron chi connectivity index (χ3n) is 5.82. The number of fused-ring (bicyclic) bond motifs is 4. The summed E-state index contributed by atoms with van der Waals surface area (Å²) in [6.45, 7) is 0.286. The largest absolute Gasteiger partial charge is 0.384 e. The average molecular weight is 443 g/mol. The lowest BCUT2D eigenvalue weighted by Crippen LogP contribution is -2.49. The van der Waals surface area contributed by atoms with Crippen LogP contribution in [0.5, 0.6) is 0 Å². The number of rotatable bonds is 3. The summed E-state index contributed by atoms with van der Waals surface area (Å²) in [7, 11) is 0. The number of carbonyl (C=O) groups excluding carboxylic acids is 1. The van der Waals surface area contributed by atoms with Crippen molar-refractivity contribution in [2.24, 2.45) is 5.73 Å². The molecule has 2 aliphatic heterocycles. The van der Waals surface area contributed by atoms with Crippen LogP contribution in [0.25, 0.3) is 0 Å². The molecular weight excluding hydrogens is 424 g/mol. The predicted octanol–water partition coefficient (Wildman–Crippen LogP) is 2.44. The molecule has 1 aromatic heterocycles. The first-order valence-electron chi connectivity index (χ1n) is 9.84. The topological polar surface area (TPSA) is 128 Å². The molecule has 158 valence electrons. The van der Waals surface area contributed by atoms with Crippen LogP contribution < -0.4 is 21.5 Å². The van der Waals surface area contributed by atoms with E-state index in [1.807, 2.05) is 42.5 Å². The van der Waals surface area contributed by atoms with Gasteiger partial charge in [-0.05, 0) is 17.9 Å². The number of para-hydroxylation sites is 1. The van der Waals surface area contributed by atoms with Crippen LogP contribution in [0.2, 0.25) is 0 Å². The van der Waals surface area contributed by atoms with Crippen molar-refractivity contribution < 1.29 is 4.79 Å². The minimum absolute atomic E-state index is 0.00914. The first-order chi connectivity index (χ1) is 15.5. The Balaban J connectivity index is 1.83. The Kier molecular flexibility index (Phi) is 4.53. The summed E-state index contributed by atoms with van der Waals surface area (Å²) in [6.07, 6.45) is 1.78. The van der Waals surface area contributed by atoms with E-state index in [9.17, 15) is 14.9 Å². The maximum Gasteiger partial charge on any atom is 0.258 e. The number of anilines is 2. The van der Waals surface area contributed by atoms with Crippen LogP contribution >= 0.6 is 11.8 Å². The van der Waals surface area contributed by atoms with Crippen molar-refractivity contribution in [3.05, 3.63) is 93.0 Å². The van der Waals surface area contributed by atoms with Crippen LogP contribution in [-0.4, -0.2) is 22.1 Å². The van der Waals surface area contributed by atoms with Gasteiger partial charge in [0.05, 0.1) is 17.7 Å². The number of aromatic nitrogens is 2. The number of hydrogen-bond acceptors (Lipinski definition) is 7. The molecule has 0 aliphatic carbocycles. The number of carbonyl (C=O) groups is 1. The number of nitrogens with zero attached hydrogens (tertiary/aromatic N) is 3. The Morgan fingerprint density at radius 2 is 1.88 bits per heavy atom. The number of nitrogens with two attached hydrogens (primary N) is 1. The lowest BCUT2D eigenvalue weighted by molar-refractivity contribution is -0.120. The number of benzene rings is 2. The summed E-state index contributed by atoms with van der Waals surface area (Å²) in [6, 6.07) is 18.8. The minimum atomic E-state index is -1.68. The monoisotopic (exact) mass is 442 g/mol. The third kappa shape index (κ3) is 2.60. The molecule has 3 heterocycles. The van der Waals surface area contributed by atoms with E-state index < -0.39 is 16.9 Å². The van der Waals surface area contributed by atoms with Crippen molar-refractivity contribution in [3.63, 3.8) is 0 Å². The molecule has 0 fully saturated rings. The molecule has 1 amide bonds. The second-order valence-corrected chi connectivity index (χ2v) is 8.26. The number of thioether (sulfide) groups is 1. The molecule has 4 N–H and O–H groups in total. The van der Waals surface area contributed by atoms with E-state index in [4.69, 9.17) is 5.73 Å². The number of H-pyrrole nitrogens is 1. The van der Waals surface area contributed by atoms with Gasteiger partial charge in [0.25, 0.3) is 5.56 Å². The zero-order chi connectivity index (χ0) is 22.5. The predicted molar refractivity (Wildman–Crippen MR) is 122 cm³/mol. The van der Waals surface area contributed by atoms with Crippen LogP contribution in [0.3, 0.4) is 0 Å². The van der Waals surface area contributed by atoms with Gasteiger partial charge in [0.15, 0.2) is 5.16 Å². The van der Waals surface area contributed by atoms with E-state index in [2.05, 4.69) is 21.4 Å². The number of amides is 1. The Morgan fingerprint density at radius 1 is 1.16 bits per heavy atom. The molecule has 5 rings (SSSR count). The summed E-state index contributed by atoms with van der Waals surface area (Å²) < 4.78 is 0. The van der Waals surface area contributed by atoms with Crippen molar-refractivity contribution in [2.75, 3.05) is 16.5 Å². The zero-order valence-electron chi connectivity index (χ0n) is 17.0. The molecule has 9 heteroatoms. The first kappa shape index (κ1) is 19.9. The van der Waals surface area contributed by atoms with Gasteiger partial charge in [0.1, 0.15) is 23.1 Å². The lowest BCUT2D eigenvalue weighted by atomic mass is 9.69. The van der Waals surface area contributed by atoms with E-state index in [0.717, 1.165) is 5.56 Å². The molecule has 1 spiro atoms. The molecule has 3 aromatic rings. The van der Waals surface area contributed by atoms with Gasteiger partial charge in [-0.2, -0.15) is 5.26 Å². The molecule has 2 aromatic carbocycles. The second-order valence-electron chi connectivity index (χ2n) is 7.47. The van der Waals surface area contributed by atoms with Crippen molar-refractivity contribution >= 4 is 29.2 Å². The number of nitriles is 1. The van der Waals surface area contributed by atoms with Crippen LogP contribution in [0.15, 0.2) is 75.9 Å². The van der Waals surface area contributed by atoms with Crippen LogP contribution in [-0.2, 0) is 16.8 Å². The summed E-state index contributed by atoms with van der Waals surface area (Å²) in [4.78, 5) is 36.3. The fourth-order valence-electron chi connectivity index (χ4n) is 4.51. The molecule has 32 heavy (non-hydrogen) atoms. The molecule has 0 bridgehead atoms. The highest BCUT2D eigenvalue weighted by Gasteiger charge is 2.60. The standard InChI is InChI=1S/C23H18N6O2S/c1-32-22-27-19-17(20(30)28-22)23(15(11-24)18(25)26-19)14-9-5-6-10-16(14)29(21(23)31)12-13-7-3-2-4-8-13/h2-10H,12,25H2,1H3,(H2,26,27,28,30)/t23-/m1/s1. The summed E-state index contributed by atoms with van der Waals surface area (Å²) >= 11 is 1.26. The molecule has 0 saturated heterocycles. The second kappa shape index (κ2) is 7.28. The smallest absolute Gasteiger partial charge is 0.258 e. The van der Waals surface area contributed by atoms with E-state index >= 15 is 0 Å². The first-order valence-corrected chi connectivity index (χ1v) is 11.1. The van der Waals surface area contributed by atoms with E-state index in [1.54, 1.807) is 23.3 Å². The zero-order valence-corrected chi connectivity index (χ0v) is 17.9. The summed E-state index contributed by atoms with van der Waals surface area (Å²) in [5.41, 5.74) is 6.21. The van der Waals surface area contributed by atoms with Crippen molar-refractivity contribution in [1.29, 1.82) is 5.26 Å². The highest BCUT2D eigenvalue weighted by Crippen LogP contribution is 2.53. The van der Waals surface area contributed by atoms with Crippen LogP contribution in [0, 0.1) is 11.3 Å². The Morgan fingerprint density at radius 3 is 2.59 bits per heavy atom. The van der Waals surface area contributed by atoms with Gasteiger partial charge in [0, 0.05) is 11.3 Å². The highest BCUT2D eigenvalue weighted by atomic mass is 32.2. The molecule has 2 aliphatic rings. The maximum absolute atomic E-state index is 14.2. The molecule has 0 unspecified atom stereocenters.